The van der Waals surface area contributed by atoms with Gasteiger partial charge in [-0.15, -0.1) is 11.3 Å². The number of thiazole rings is 1. The quantitative estimate of drug-likeness (QED) is 0.402. The van der Waals surface area contributed by atoms with Crippen LogP contribution in [0, 0.1) is 0 Å². The highest BCUT2D eigenvalue weighted by Gasteiger charge is 2.23. The summed E-state index contributed by atoms with van der Waals surface area (Å²) in [7, 11) is -0.477. The Kier molecular flexibility index (Phi) is 6.24. The Labute approximate surface area is 195 Å². The zero-order chi connectivity index (χ0) is 23.8. The highest BCUT2D eigenvalue weighted by Crippen LogP contribution is 2.32. The first kappa shape index (κ1) is 23.0. The van der Waals surface area contributed by atoms with Gasteiger partial charge in [0.1, 0.15) is 17.0 Å². The van der Waals surface area contributed by atoms with Crippen LogP contribution in [0.25, 0.3) is 22.4 Å². The van der Waals surface area contributed by atoms with E-state index in [1.807, 2.05) is 24.3 Å². The number of amides is 1. The average molecular weight is 486 g/mol. The van der Waals surface area contributed by atoms with Crippen molar-refractivity contribution in [1.29, 1.82) is 0 Å². The van der Waals surface area contributed by atoms with Crippen molar-refractivity contribution in [2.45, 2.75) is 24.8 Å². The van der Waals surface area contributed by atoms with Crippen LogP contribution in [0.3, 0.4) is 0 Å². The summed E-state index contributed by atoms with van der Waals surface area (Å²) >= 11 is 1.27. The van der Waals surface area contributed by atoms with E-state index in [1.165, 1.54) is 47.0 Å². The Bertz CT molecular complexity index is 1410. The number of hydrogen-bond acceptors (Lipinski definition) is 7. The molecule has 33 heavy (non-hydrogen) atoms. The van der Waals surface area contributed by atoms with Crippen LogP contribution in [0.15, 0.2) is 63.2 Å². The van der Waals surface area contributed by atoms with E-state index < -0.39 is 10.0 Å². The van der Waals surface area contributed by atoms with Gasteiger partial charge in [-0.05, 0) is 62.4 Å². The van der Waals surface area contributed by atoms with Crippen molar-refractivity contribution in [3.8, 4) is 17.2 Å². The van der Waals surface area contributed by atoms with Crippen molar-refractivity contribution < 1.29 is 22.4 Å². The Morgan fingerprint density at radius 1 is 1.15 bits per heavy atom. The third-order valence-corrected chi connectivity index (χ3v) is 8.03. The molecule has 0 aliphatic rings. The molecule has 0 radical (unpaired) electrons. The first-order valence-electron chi connectivity index (χ1n) is 10.1. The number of furan rings is 1. The fourth-order valence-electron chi connectivity index (χ4n) is 3.11. The highest BCUT2D eigenvalue weighted by atomic mass is 32.2. The Hall–Kier alpha value is -3.21. The second-order valence-electron chi connectivity index (χ2n) is 7.65. The number of benzene rings is 2. The first-order valence-corrected chi connectivity index (χ1v) is 12.4. The van der Waals surface area contributed by atoms with Crippen LogP contribution in [-0.2, 0) is 10.0 Å². The van der Waals surface area contributed by atoms with Gasteiger partial charge in [0.25, 0.3) is 5.91 Å². The minimum absolute atomic E-state index is 0.133. The smallest absolute Gasteiger partial charge is 0.257 e. The van der Waals surface area contributed by atoms with E-state index in [2.05, 4.69) is 10.3 Å². The molecule has 4 rings (SSSR count). The molecule has 4 aromatic rings. The summed E-state index contributed by atoms with van der Waals surface area (Å²) in [5, 5.41) is 5.84. The van der Waals surface area contributed by atoms with E-state index in [-0.39, 0.29) is 16.8 Å². The molecular formula is C23H23N3O5S2. The Morgan fingerprint density at radius 2 is 1.88 bits per heavy atom. The summed E-state index contributed by atoms with van der Waals surface area (Å²) in [5.41, 5.74) is 1.64. The van der Waals surface area contributed by atoms with Gasteiger partial charge in [0.05, 0.1) is 12.0 Å². The number of sulfonamides is 1. The summed E-state index contributed by atoms with van der Waals surface area (Å²) in [6.07, 6.45) is 0. The zero-order valence-electron chi connectivity index (χ0n) is 18.5. The molecule has 0 unspecified atom stereocenters. The van der Waals surface area contributed by atoms with Gasteiger partial charge in [-0.2, -0.15) is 4.31 Å². The largest absolute Gasteiger partial charge is 0.497 e. The van der Waals surface area contributed by atoms with Crippen LogP contribution < -0.4 is 10.1 Å². The Morgan fingerprint density at radius 3 is 2.55 bits per heavy atom. The fourth-order valence-corrected chi connectivity index (χ4v) is 5.17. The summed E-state index contributed by atoms with van der Waals surface area (Å²) < 4.78 is 37.5. The molecule has 2 aromatic heterocycles. The highest BCUT2D eigenvalue weighted by molar-refractivity contribution is 7.89. The number of aromatic nitrogens is 1. The summed E-state index contributed by atoms with van der Waals surface area (Å²) in [4.78, 5) is 17.2. The van der Waals surface area contributed by atoms with Crippen LogP contribution >= 0.6 is 11.3 Å². The predicted molar refractivity (Wildman–Crippen MR) is 128 cm³/mol. The SMILES string of the molecule is COc1ccc2oc(-c3csc(NC(=O)c4ccc(S(=O)(=O)N(C)C(C)C)cc4)n3)cc2c1. The van der Waals surface area contributed by atoms with Crippen LogP contribution in [0.5, 0.6) is 5.75 Å². The number of fused-ring (bicyclic) bond motifs is 1. The van der Waals surface area contributed by atoms with Gasteiger partial charge in [0.15, 0.2) is 10.9 Å². The normalized spacial score (nSPS) is 11.9. The molecule has 1 amide bonds. The van der Waals surface area contributed by atoms with Crippen molar-refractivity contribution >= 4 is 43.4 Å². The number of rotatable bonds is 7. The van der Waals surface area contributed by atoms with Gasteiger partial charge in [-0.3, -0.25) is 10.1 Å². The second-order valence-corrected chi connectivity index (χ2v) is 10.5. The topological polar surface area (TPSA) is 102 Å². The second kappa shape index (κ2) is 8.97. The molecule has 10 heteroatoms. The van der Waals surface area contributed by atoms with E-state index in [0.717, 1.165) is 11.1 Å². The number of ether oxygens (including phenoxy) is 1. The predicted octanol–water partition coefficient (Wildman–Crippen LogP) is 4.85. The number of carbonyl (C=O) groups is 1. The van der Waals surface area contributed by atoms with Crippen LogP contribution in [0.2, 0.25) is 0 Å². The molecule has 2 aromatic carbocycles. The number of anilines is 1. The van der Waals surface area contributed by atoms with Gasteiger partial charge >= 0.3 is 0 Å². The molecule has 1 N–H and O–H groups in total. The number of hydrogen-bond donors (Lipinski definition) is 1. The zero-order valence-corrected chi connectivity index (χ0v) is 20.2. The van der Waals surface area contributed by atoms with Gasteiger partial charge in [-0.1, -0.05) is 0 Å². The van der Waals surface area contributed by atoms with Crippen LogP contribution in [0.4, 0.5) is 5.13 Å². The van der Waals surface area contributed by atoms with Crippen molar-refractivity contribution in [1.82, 2.24) is 9.29 Å². The maximum Gasteiger partial charge on any atom is 0.257 e. The first-order chi connectivity index (χ1) is 15.7. The summed E-state index contributed by atoms with van der Waals surface area (Å²) in [5.74, 6) is 0.931. The molecule has 0 atom stereocenters. The van der Waals surface area contributed by atoms with E-state index in [0.29, 0.717) is 27.7 Å². The molecule has 0 saturated heterocycles. The van der Waals surface area contributed by atoms with Crippen molar-refractivity contribution in [2.75, 3.05) is 19.5 Å². The molecule has 2 heterocycles. The molecule has 0 aliphatic heterocycles. The number of carbonyl (C=O) groups excluding carboxylic acids is 1. The van der Waals surface area contributed by atoms with Crippen molar-refractivity contribution in [3.05, 3.63) is 59.5 Å². The average Bonchev–Trinajstić information content (AvgIpc) is 3.44. The molecule has 0 saturated carbocycles. The maximum atomic E-state index is 12.6. The summed E-state index contributed by atoms with van der Waals surface area (Å²) in [6.45, 7) is 3.59. The lowest BCUT2D eigenvalue weighted by atomic mass is 10.2. The molecule has 8 nitrogen and oxygen atoms in total. The molecule has 0 spiro atoms. The van der Waals surface area contributed by atoms with Crippen molar-refractivity contribution in [3.63, 3.8) is 0 Å². The number of nitrogens with zero attached hydrogens (tertiary/aromatic N) is 2. The third kappa shape index (κ3) is 4.63. The lowest BCUT2D eigenvalue weighted by Crippen LogP contribution is -2.33. The third-order valence-electron chi connectivity index (χ3n) is 5.22. The molecule has 0 fully saturated rings. The molecular weight excluding hydrogens is 462 g/mol. The maximum absolute atomic E-state index is 12.6. The van der Waals surface area contributed by atoms with Gasteiger partial charge in [0, 0.05) is 29.4 Å². The molecule has 0 aliphatic carbocycles. The van der Waals surface area contributed by atoms with Crippen molar-refractivity contribution in [2.24, 2.45) is 0 Å². The standard InChI is InChI=1S/C23H23N3O5S2/c1-14(2)26(3)33(28,29)18-8-5-15(6-9-18)22(27)25-23-24-19(13-32-23)21-12-16-11-17(30-4)7-10-20(16)31-21/h5-14H,1-4H3,(H,24,25,27). The monoisotopic (exact) mass is 485 g/mol. The lowest BCUT2D eigenvalue weighted by molar-refractivity contribution is 0.102. The van der Waals surface area contributed by atoms with Gasteiger partial charge in [0.2, 0.25) is 10.0 Å². The van der Waals surface area contributed by atoms with E-state index >= 15 is 0 Å². The van der Waals surface area contributed by atoms with Crippen LogP contribution in [-0.4, -0.2) is 43.8 Å². The molecule has 0 bridgehead atoms. The number of methoxy groups -OCH3 is 1. The van der Waals surface area contributed by atoms with Crippen LogP contribution in [0.1, 0.15) is 24.2 Å². The minimum atomic E-state index is -3.61. The van der Waals surface area contributed by atoms with E-state index in [9.17, 15) is 13.2 Å². The summed E-state index contributed by atoms with van der Waals surface area (Å²) in [6, 6.07) is 13.0. The van der Waals surface area contributed by atoms with E-state index in [1.54, 1.807) is 26.3 Å². The van der Waals surface area contributed by atoms with Gasteiger partial charge < -0.3 is 9.15 Å². The molecule has 172 valence electrons. The van der Waals surface area contributed by atoms with Gasteiger partial charge in [-0.25, -0.2) is 13.4 Å². The fraction of sp³-hybridized carbons (Fsp3) is 0.217. The number of nitrogens with one attached hydrogen (secondary N) is 1. The Balaban J connectivity index is 1.49. The van der Waals surface area contributed by atoms with E-state index in [4.69, 9.17) is 9.15 Å². The lowest BCUT2D eigenvalue weighted by Gasteiger charge is -2.20. The minimum Gasteiger partial charge on any atom is -0.497 e.